The molecule has 0 aromatic heterocycles. The third-order valence-electron chi connectivity index (χ3n) is 5.31. The number of benzene rings is 3. The van der Waals surface area contributed by atoms with Crippen LogP contribution < -0.4 is 9.62 Å². The predicted molar refractivity (Wildman–Crippen MR) is 124 cm³/mol. The summed E-state index contributed by atoms with van der Waals surface area (Å²) in [5.41, 5.74) is 2.51. The summed E-state index contributed by atoms with van der Waals surface area (Å²) in [6.07, 6.45) is 0. The number of piperazine rings is 1. The van der Waals surface area contributed by atoms with E-state index < -0.39 is 10.0 Å². The average molecular weight is 436 g/mol. The van der Waals surface area contributed by atoms with Gasteiger partial charge < -0.3 is 9.80 Å². The van der Waals surface area contributed by atoms with Gasteiger partial charge in [-0.2, -0.15) is 0 Å². The van der Waals surface area contributed by atoms with Gasteiger partial charge in [-0.15, -0.1) is 0 Å². The van der Waals surface area contributed by atoms with E-state index in [1.165, 1.54) is 0 Å². The van der Waals surface area contributed by atoms with E-state index in [-0.39, 0.29) is 11.7 Å². The zero-order valence-electron chi connectivity index (χ0n) is 17.1. The number of nitrogens with zero attached hydrogens (tertiary/aromatic N) is 2. The molecule has 1 aliphatic heterocycles. The van der Waals surface area contributed by atoms with Crippen molar-refractivity contribution in [1.29, 1.82) is 0 Å². The minimum absolute atomic E-state index is 0.147. The SMILES string of the molecule is O=C(c1ccccc1NS(=O)(=O)Cc1ccccc1)N1CCN(c2ccccc2)CC1. The Hall–Kier alpha value is -3.32. The maximum atomic E-state index is 13.2. The molecule has 0 unspecified atom stereocenters. The lowest BCUT2D eigenvalue weighted by atomic mass is 10.1. The highest BCUT2D eigenvalue weighted by Crippen LogP contribution is 2.22. The minimum Gasteiger partial charge on any atom is -0.368 e. The van der Waals surface area contributed by atoms with Crippen LogP contribution in [0.5, 0.6) is 0 Å². The van der Waals surface area contributed by atoms with E-state index in [4.69, 9.17) is 0 Å². The first-order valence-corrected chi connectivity index (χ1v) is 11.9. The Bertz CT molecular complexity index is 1130. The lowest BCUT2D eigenvalue weighted by Gasteiger charge is -2.36. The maximum Gasteiger partial charge on any atom is 0.256 e. The molecule has 1 fully saturated rings. The van der Waals surface area contributed by atoms with Crippen LogP contribution in [0.3, 0.4) is 0 Å². The summed E-state index contributed by atoms with van der Waals surface area (Å²) in [6.45, 7) is 2.63. The van der Waals surface area contributed by atoms with Crippen molar-refractivity contribution in [2.24, 2.45) is 0 Å². The molecule has 0 aliphatic carbocycles. The van der Waals surface area contributed by atoms with Crippen LogP contribution in [0, 0.1) is 0 Å². The molecule has 31 heavy (non-hydrogen) atoms. The molecule has 1 N–H and O–H groups in total. The number of rotatable bonds is 6. The molecule has 1 amide bonds. The molecule has 0 radical (unpaired) electrons. The van der Waals surface area contributed by atoms with Gasteiger partial charge in [-0.1, -0.05) is 60.7 Å². The largest absolute Gasteiger partial charge is 0.368 e. The number of hydrogen-bond donors (Lipinski definition) is 1. The Morgan fingerprint density at radius 3 is 2.03 bits per heavy atom. The quantitative estimate of drug-likeness (QED) is 0.642. The van der Waals surface area contributed by atoms with Gasteiger partial charge in [-0.3, -0.25) is 9.52 Å². The second-order valence-corrected chi connectivity index (χ2v) is 9.23. The highest BCUT2D eigenvalue weighted by atomic mass is 32.2. The summed E-state index contributed by atoms with van der Waals surface area (Å²) in [4.78, 5) is 17.2. The summed E-state index contributed by atoms with van der Waals surface area (Å²) >= 11 is 0. The lowest BCUT2D eigenvalue weighted by molar-refractivity contribution is 0.0748. The molecule has 160 valence electrons. The third kappa shape index (κ3) is 5.24. The summed E-state index contributed by atoms with van der Waals surface area (Å²) in [6, 6.07) is 25.9. The molecule has 0 saturated carbocycles. The van der Waals surface area contributed by atoms with Crippen molar-refractivity contribution in [3.05, 3.63) is 96.1 Å². The van der Waals surface area contributed by atoms with Gasteiger partial charge in [-0.05, 0) is 29.8 Å². The maximum absolute atomic E-state index is 13.2. The van der Waals surface area contributed by atoms with Gasteiger partial charge in [0.05, 0.1) is 17.0 Å². The second-order valence-electron chi connectivity index (χ2n) is 7.51. The number of para-hydroxylation sites is 2. The number of carbonyl (C=O) groups excluding carboxylic acids is 1. The van der Waals surface area contributed by atoms with E-state index in [0.717, 1.165) is 18.8 Å². The van der Waals surface area contributed by atoms with Crippen molar-refractivity contribution in [2.45, 2.75) is 5.75 Å². The van der Waals surface area contributed by atoms with E-state index in [1.54, 1.807) is 53.4 Å². The molecule has 1 aliphatic rings. The van der Waals surface area contributed by atoms with Crippen LogP contribution in [0.1, 0.15) is 15.9 Å². The Balaban J connectivity index is 1.45. The summed E-state index contributed by atoms with van der Waals surface area (Å²) < 4.78 is 28.0. The molecular formula is C24H25N3O3S. The molecule has 4 rings (SSSR count). The molecule has 1 saturated heterocycles. The van der Waals surface area contributed by atoms with Crippen LogP contribution in [-0.4, -0.2) is 45.4 Å². The normalized spacial score (nSPS) is 14.3. The third-order valence-corrected chi connectivity index (χ3v) is 6.55. The molecule has 0 bridgehead atoms. The molecule has 0 spiro atoms. The van der Waals surface area contributed by atoms with Crippen molar-refractivity contribution < 1.29 is 13.2 Å². The first kappa shape index (κ1) is 20.9. The summed E-state index contributed by atoms with van der Waals surface area (Å²) in [5, 5.41) is 0. The van der Waals surface area contributed by atoms with E-state index in [0.29, 0.717) is 29.9 Å². The van der Waals surface area contributed by atoms with Crippen molar-refractivity contribution in [3.8, 4) is 0 Å². The molecule has 6 nitrogen and oxygen atoms in total. The van der Waals surface area contributed by atoms with Crippen LogP contribution in [0.2, 0.25) is 0 Å². The lowest BCUT2D eigenvalue weighted by Crippen LogP contribution is -2.48. The monoisotopic (exact) mass is 435 g/mol. The van der Waals surface area contributed by atoms with E-state index >= 15 is 0 Å². The standard InChI is InChI=1S/C24H25N3O3S/c28-24(27-17-15-26(16-18-27)21-11-5-2-6-12-21)22-13-7-8-14-23(22)25-31(29,30)19-20-9-3-1-4-10-20/h1-14,25H,15-19H2. The van der Waals surface area contributed by atoms with Crippen LogP contribution in [0.25, 0.3) is 0 Å². The van der Waals surface area contributed by atoms with Crippen LogP contribution in [0.15, 0.2) is 84.9 Å². The molecule has 3 aromatic rings. The number of anilines is 2. The Morgan fingerprint density at radius 1 is 0.774 bits per heavy atom. The van der Waals surface area contributed by atoms with Crippen molar-refractivity contribution >= 4 is 27.3 Å². The van der Waals surface area contributed by atoms with Gasteiger partial charge in [0.1, 0.15) is 0 Å². The zero-order valence-corrected chi connectivity index (χ0v) is 18.0. The fourth-order valence-corrected chi connectivity index (χ4v) is 4.95. The Kier molecular flexibility index (Phi) is 6.23. The highest BCUT2D eigenvalue weighted by Gasteiger charge is 2.25. The van der Waals surface area contributed by atoms with E-state index in [1.807, 2.05) is 24.3 Å². The minimum atomic E-state index is -3.65. The fraction of sp³-hybridized carbons (Fsp3) is 0.208. The Labute approximate surface area is 183 Å². The molecule has 1 heterocycles. The van der Waals surface area contributed by atoms with E-state index in [9.17, 15) is 13.2 Å². The van der Waals surface area contributed by atoms with Crippen molar-refractivity contribution in [1.82, 2.24) is 4.90 Å². The van der Waals surface area contributed by atoms with Gasteiger partial charge in [0.15, 0.2) is 0 Å². The Morgan fingerprint density at radius 2 is 1.35 bits per heavy atom. The topological polar surface area (TPSA) is 69.7 Å². The molecular weight excluding hydrogens is 410 g/mol. The van der Waals surface area contributed by atoms with Crippen LogP contribution in [0.4, 0.5) is 11.4 Å². The first-order valence-electron chi connectivity index (χ1n) is 10.2. The molecule has 0 atom stereocenters. The van der Waals surface area contributed by atoms with Crippen molar-refractivity contribution in [3.63, 3.8) is 0 Å². The first-order chi connectivity index (χ1) is 15.0. The van der Waals surface area contributed by atoms with Gasteiger partial charge >= 0.3 is 0 Å². The zero-order chi connectivity index (χ0) is 21.7. The van der Waals surface area contributed by atoms with Crippen LogP contribution >= 0.6 is 0 Å². The average Bonchev–Trinajstić information content (AvgIpc) is 2.80. The smallest absolute Gasteiger partial charge is 0.256 e. The molecule has 7 heteroatoms. The van der Waals surface area contributed by atoms with Crippen LogP contribution in [-0.2, 0) is 15.8 Å². The number of amides is 1. The molecule has 3 aromatic carbocycles. The van der Waals surface area contributed by atoms with Gasteiger partial charge in [0.25, 0.3) is 5.91 Å². The predicted octanol–water partition coefficient (Wildman–Crippen LogP) is 3.59. The highest BCUT2D eigenvalue weighted by molar-refractivity contribution is 7.91. The summed E-state index contributed by atoms with van der Waals surface area (Å²) in [7, 11) is -3.65. The fourth-order valence-electron chi connectivity index (χ4n) is 3.73. The number of hydrogen-bond acceptors (Lipinski definition) is 4. The number of carbonyl (C=O) groups is 1. The van der Waals surface area contributed by atoms with Gasteiger partial charge in [0.2, 0.25) is 10.0 Å². The second kappa shape index (κ2) is 9.22. The van der Waals surface area contributed by atoms with Gasteiger partial charge in [-0.25, -0.2) is 8.42 Å². The number of sulfonamides is 1. The van der Waals surface area contributed by atoms with Gasteiger partial charge in [0, 0.05) is 31.9 Å². The van der Waals surface area contributed by atoms with E-state index in [2.05, 4.69) is 21.8 Å². The summed E-state index contributed by atoms with van der Waals surface area (Å²) in [5.74, 6) is -0.308. The number of nitrogens with one attached hydrogen (secondary N) is 1. The van der Waals surface area contributed by atoms with Crippen molar-refractivity contribution in [2.75, 3.05) is 35.8 Å².